The summed E-state index contributed by atoms with van der Waals surface area (Å²) in [5.41, 5.74) is 6.88. The summed E-state index contributed by atoms with van der Waals surface area (Å²) in [6, 6.07) is 4.57. The van der Waals surface area contributed by atoms with Crippen molar-refractivity contribution in [2.24, 2.45) is 5.73 Å². The maximum Gasteiger partial charge on any atom is 0.125 e. The molecule has 0 radical (unpaired) electrons. The zero-order valence-electron chi connectivity index (χ0n) is 9.62. The fraction of sp³-hybridized carbons (Fsp3) is 0.538. The Hall–Kier alpha value is -0.740. The summed E-state index contributed by atoms with van der Waals surface area (Å²) in [7, 11) is 0. The number of ether oxygens (including phenoxy) is 1. The first-order chi connectivity index (χ1) is 8.19. The Morgan fingerprint density at radius 1 is 1.35 bits per heavy atom. The third kappa shape index (κ3) is 2.04. The molecular formula is C13H16FNOS. The highest BCUT2D eigenvalue weighted by Crippen LogP contribution is 2.44. The first-order valence-corrected chi connectivity index (χ1v) is 7.16. The molecule has 2 aliphatic rings. The van der Waals surface area contributed by atoms with Crippen LogP contribution < -0.4 is 10.5 Å². The molecule has 0 bridgehead atoms. The zero-order chi connectivity index (χ0) is 11.9. The van der Waals surface area contributed by atoms with E-state index in [1.54, 1.807) is 6.07 Å². The summed E-state index contributed by atoms with van der Waals surface area (Å²) in [6.07, 6.45) is 2.90. The van der Waals surface area contributed by atoms with Crippen molar-refractivity contribution < 1.29 is 9.13 Å². The second kappa shape index (κ2) is 4.18. The van der Waals surface area contributed by atoms with Crippen LogP contribution in [0.2, 0.25) is 0 Å². The van der Waals surface area contributed by atoms with Crippen molar-refractivity contribution in [2.75, 3.05) is 11.5 Å². The molecule has 0 amide bonds. The summed E-state index contributed by atoms with van der Waals surface area (Å²) in [4.78, 5) is 0. The van der Waals surface area contributed by atoms with Gasteiger partial charge in [-0.3, -0.25) is 0 Å². The standard InChI is InChI=1S/C13H16FNOS/c14-9-1-2-12-10(7-9)11(15)8-13(16-12)3-5-17-6-4-13/h1-2,7,11H,3-6,8,15H2/t11-/m0/s1. The lowest BCUT2D eigenvalue weighted by molar-refractivity contribution is 0.0278. The number of thioether (sulfide) groups is 1. The van der Waals surface area contributed by atoms with E-state index < -0.39 is 0 Å². The largest absolute Gasteiger partial charge is 0.487 e. The number of benzene rings is 1. The molecule has 2 N–H and O–H groups in total. The molecule has 1 atom stereocenters. The first-order valence-electron chi connectivity index (χ1n) is 6.00. The molecule has 1 fully saturated rings. The second-order valence-corrected chi connectivity index (χ2v) is 6.11. The van der Waals surface area contributed by atoms with Crippen LogP contribution in [-0.4, -0.2) is 17.1 Å². The Bertz CT molecular complexity index is 431. The number of nitrogens with two attached hydrogens (primary N) is 1. The van der Waals surface area contributed by atoms with Crippen LogP contribution in [0.25, 0.3) is 0 Å². The summed E-state index contributed by atoms with van der Waals surface area (Å²) < 4.78 is 19.3. The van der Waals surface area contributed by atoms with Crippen LogP contribution in [0, 0.1) is 5.82 Å². The summed E-state index contributed by atoms with van der Waals surface area (Å²) in [6.45, 7) is 0. The molecule has 0 aliphatic carbocycles. The summed E-state index contributed by atoms with van der Waals surface area (Å²) >= 11 is 1.97. The molecule has 0 unspecified atom stereocenters. The smallest absolute Gasteiger partial charge is 0.125 e. The predicted octanol–water partition coefficient (Wildman–Crippen LogP) is 2.87. The maximum atomic E-state index is 13.2. The SMILES string of the molecule is N[C@H]1CC2(CCSCC2)Oc2ccc(F)cc21. The van der Waals surface area contributed by atoms with E-state index in [-0.39, 0.29) is 17.5 Å². The first kappa shape index (κ1) is 11.4. The molecule has 1 saturated heterocycles. The Kier molecular flexibility index (Phi) is 2.79. The fourth-order valence-electron chi connectivity index (χ4n) is 2.74. The quantitative estimate of drug-likeness (QED) is 0.772. The third-order valence-electron chi connectivity index (χ3n) is 3.69. The van der Waals surface area contributed by atoms with Crippen molar-refractivity contribution in [1.29, 1.82) is 0 Å². The van der Waals surface area contributed by atoms with Crippen LogP contribution in [0.4, 0.5) is 4.39 Å². The van der Waals surface area contributed by atoms with Gasteiger partial charge in [0.25, 0.3) is 0 Å². The van der Waals surface area contributed by atoms with Crippen LogP contribution in [0.15, 0.2) is 18.2 Å². The molecule has 2 heterocycles. The minimum atomic E-state index is -0.238. The van der Waals surface area contributed by atoms with Gasteiger partial charge in [-0.05, 0) is 42.5 Å². The average molecular weight is 253 g/mol. The Labute approximate surface area is 105 Å². The lowest BCUT2D eigenvalue weighted by atomic mass is 9.83. The van der Waals surface area contributed by atoms with Crippen LogP contribution >= 0.6 is 11.8 Å². The highest BCUT2D eigenvalue weighted by molar-refractivity contribution is 7.99. The van der Waals surface area contributed by atoms with Gasteiger partial charge in [-0.2, -0.15) is 11.8 Å². The number of rotatable bonds is 0. The van der Waals surface area contributed by atoms with Crippen molar-refractivity contribution in [3.05, 3.63) is 29.6 Å². The number of halogens is 1. The molecule has 1 aromatic rings. The number of hydrogen-bond acceptors (Lipinski definition) is 3. The van der Waals surface area contributed by atoms with Crippen molar-refractivity contribution in [3.63, 3.8) is 0 Å². The average Bonchev–Trinajstić information content (AvgIpc) is 2.31. The highest BCUT2D eigenvalue weighted by Gasteiger charge is 2.40. The normalized spacial score (nSPS) is 26.4. The van der Waals surface area contributed by atoms with Crippen LogP contribution in [0.1, 0.15) is 30.9 Å². The second-order valence-electron chi connectivity index (χ2n) is 4.89. The van der Waals surface area contributed by atoms with Gasteiger partial charge in [0.2, 0.25) is 0 Å². The van der Waals surface area contributed by atoms with Gasteiger partial charge >= 0.3 is 0 Å². The van der Waals surface area contributed by atoms with Gasteiger partial charge in [0.05, 0.1) is 0 Å². The van der Waals surface area contributed by atoms with Crippen molar-refractivity contribution in [2.45, 2.75) is 30.9 Å². The van der Waals surface area contributed by atoms with E-state index in [2.05, 4.69) is 0 Å². The molecule has 2 aliphatic heterocycles. The molecule has 3 rings (SSSR count). The molecule has 17 heavy (non-hydrogen) atoms. The summed E-state index contributed by atoms with van der Waals surface area (Å²) in [5.74, 6) is 2.79. The van der Waals surface area contributed by atoms with E-state index in [0.717, 1.165) is 42.1 Å². The minimum absolute atomic E-state index is 0.0995. The van der Waals surface area contributed by atoms with E-state index in [4.69, 9.17) is 10.5 Å². The van der Waals surface area contributed by atoms with Crippen LogP contribution in [0.5, 0.6) is 5.75 Å². The fourth-order valence-corrected chi connectivity index (χ4v) is 3.97. The van der Waals surface area contributed by atoms with Crippen LogP contribution in [-0.2, 0) is 0 Å². The third-order valence-corrected chi connectivity index (χ3v) is 4.68. The number of hydrogen-bond donors (Lipinski definition) is 1. The van der Waals surface area contributed by atoms with Gasteiger partial charge in [0, 0.05) is 18.0 Å². The Morgan fingerprint density at radius 2 is 2.12 bits per heavy atom. The van der Waals surface area contributed by atoms with E-state index in [0.29, 0.717) is 0 Å². The molecule has 0 saturated carbocycles. The van der Waals surface area contributed by atoms with Crippen molar-refractivity contribution >= 4 is 11.8 Å². The Balaban J connectivity index is 1.94. The molecule has 1 spiro atoms. The van der Waals surface area contributed by atoms with Gasteiger partial charge < -0.3 is 10.5 Å². The topological polar surface area (TPSA) is 35.2 Å². The lowest BCUT2D eigenvalue weighted by Crippen LogP contribution is -2.45. The van der Waals surface area contributed by atoms with Gasteiger partial charge in [-0.15, -0.1) is 0 Å². The van der Waals surface area contributed by atoms with Gasteiger partial charge in [0.15, 0.2) is 0 Å². The van der Waals surface area contributed by atoms with Gasteiger partial charge in [-0.1, -0.05) is 0 Å². The van der Waals surface area contributed by atoms with Crippen LogP contribution in [0.3, 0.4) is 0 Å². The maximum absolute atomic E-state index is 13.2. The molecule has 4 heteroatoms. The van der Waals surface area contributed by atoms with E-state index >= 15 is 0 Å². The Morgan fingerprint density at radius 3 is 2.88 bits per heavy atom. The molecule has 2 nitrogen and oxygen atoms in total. The predicted molar refractivity (Wildman–Crippen MR) is 67.9 cm³/mol. The van der Waals surface area contributed by atoms with E-state index in [9.17, 15) is 4.39 Å². The molecular weight excluding hydrogens is 237 g/mol. The monoisotopic (exact) mass is 253 g/mol. The summed E-state index contributed by atoms with van der Waals surface area (Å²) in [5, 5.41) is 0. The minimum Gasteiger partial charge on any atom is -0.487 e. The molecule has 92 valence electrons. The number of fused-ring (bicyclic) bond motifs is 1. The van der Waals surface area contributed by atoms with Gasteiger partial charge in [-0.25, -0.2) is 4.39 Å². The zero-order valence-corrected chi connectivity index (χ0v) is 10.4. The molecule has 0 aromatic heterocycles. The van der Waals surface area contributed by atoms with Crippen molar-refractivity contribution in [3.8, 4) is 5.75 Å². The molecule has 1 aromatic carbocycles. The lowest BCUT2D eigenvalue weighted by Gasteiger charge is -2.43. The van der Waals surface area contributed by atoms with Gasteiger partial charge in [0.1, 0.15) is 17.2 Å². The van der Waals surface area contributed by atoms with Crippen molar-refractivity contribution in [1.82, 2.24) is 0 Å². The highest BCUT2D eigenvalue weighted by atomic mass is 32.2. The van der Waals surface area contributed by atoms with E-state index in [1.165, 1.54) is 12.1 Å². The van der Waals surface area contributed by atoms with E-state index in [1.807, 2.05) is 11.8 Å².